The summed E-state index contributed by atoms with van der Waals surface area (Å²) in [5.41, 5.74) is 4.06. The Morgan fingerprint density at radius 2 is 1.92 bits per heavy atom. The summed E-state index contributed by atoms with van der Waals surface area (Å²) in [6, 6.07) is 1.97. The molecule has 2 amide bonds. The quantitative estimate of drug-likeness (QED) is 0.781. The molecule has 2 aromatic rings. The number of aryl methyl sites for hydroxylation is 1. The smallest absolute Gasteiger partial charge is 0.226 e. The number of amides is 2. The van der Waals surface area contributed by atoms with Gasteiger partial charge in [0, 0.05) is 63.3 Å². The number of carbonyl (C=O) groups excluding carboxylic acids is 2. The summed E-state index contributed by atoms with van der Waals surface area (Å²) in [7, 11) is 0. The van der Waals surface area contributed by atoms with Crippen LogP contribution in [0.3, 0.4) is 0 Å². The molecule has 1 saturated heterocycles. The lowest BCUT2D eigenvalue weighted by Gasteiger charge is -2.35. The standard InChI is InChI=1S/C18H23N5O2/c1-12-9-17-19-10-15-11-22(8-5-16(15)23(17)20-12)18(25)14-3-6-21(7-4-14)13(2)24/h9-10,14H,3-8,11H2,1-2H3. The molecule has 1 fully saturated rings. The van der Waals surface area contributed by atoms with Gasteiger partial charge in [-0.05, 0) is 19.8 Å². The van der Waals surface area contributed by atoms with Gasteiger partial charge in [-0.2, -0.15) is 5.10 Å². The third kappa shape index (κ3) is 2.88. The van der Waals surface area contributed by atoms with Crippen LogP contribution in [0.2, 0.25) is 0 Å². The van der Waals surface area contributed by atoms with Gasteiger partial charge in [-0.15, -0.1) is 0 Å². The number of fused-ring (bicyclic) bond motifs is 3. The number of piperidine rings is 1. The summed E-state index contributed by atoms with van der Waals surface area (Å²) in [5.74, 6) is 0.341. The van der Waals surface area contributed by atoms with Gasteiger partial charge in [-0.25, -0.2) is 9.50 Å². The molecule has 0 saturated carbocycles. The van der Waals surface area contributed by atoms with Crippen molar-refractivity contribution in [2.45, 2.75) is 39.7 Å². The Morgan fingerprint density at radius 1 is 1.16 bits per heavy atom. The van der Waals surface area contributed by atoms with Crippen molar-refractivity contribution >= 4 is 17.5 Å². The van der Waals surface area contributed by atoms with Crippen LogP contribution in [0, 0.1) is 12.8 Å². The molecule has 132 valence electrons. The van der Waals surface area contributed by atoms with Gasteiger partial charge in [0.2, 0.25) is 11.8 Å². The maximum atomic E-state index is 12.9. The number of nitrogens with zero attached hydrogens (tertiary/aromatic N) is 5. The van der Waals surface area contributed by atoms with Crippen molar-refractivity contribution < 1.29 is 9.59 Å². The lowest BCUT2D eigenvalue weighted by Crippen LogP contribution is -2.45. The van der Waals surface area contributed by atoms with E-state index in [1.54, 1.807) is 6.92 Å². The Labute approximate surface area is 146 Å². The van der Waals surface area contributed by atoms with Crippen molar-refractivity contribution in [3.05, 3.63) is 29.2 Å². The van der Waals surface area contributed by atoms with Crippen molar-refractivity contribution in [2.24, 2.45) is 5.92 Å². The predicted molar refractivity (Wildman–Crippen MR) is 91.8 cm³/mol. The van der Waals surface area contributed by atoms with Crippen molar-refractivity contribution in [3.8, 4) is 0 Å². The first-order chi connectivity index (χ1) is 12.0. The molecule has 0 aliphatic carbocycles. The topological polar surface area (TPSA) is 70.8 Å². The van der Waals surface area contributed by atoms with Crippen LogP contribution in [0.15, 0.2) is 12.3 Å². The van der Waals surface area contributed by atoms with Crippen LogP contribution < -0.4 is 0 Å². The number of rotatable bonds is 1. The Balaban J connectivity index is 1.48. The minimum Gasteiger partial charge on any atom is -0.343 e. The summed E-state index contributed by atoms with van der Waals surface area (Å²) >= 11 is 0. The highest BCUT2D eigenvalue weighted by Crippen LogP contribution is 2.25. The normalized spacial score (nSPS) is 18.5. The van der Waals surface area contributed by atoms with E-state index in [1.165, 1.54) is 0 Å². The average Bonchev–Trinajstić information content (AvgIpc) is 3.01. The molecule has 0 spiro atoms. The SMILES string of the molecule is CC(=O)N1CCC(C(=O)N2CCc3c(cnc4cc(C)nn34)C2)CC1. The van der Waals surface area contributed by atoms with Gasteiger partial charge >= 0.3 is 0 Å². The number of likely N-dealkylation sites (tertiary alicyclic amines) is 1. The Hall–Kier alpha value is -2.44. The second-order valence-electron chi connectivity index (χ2n) is 7.08. The first-order valence-corrected chi connectivity index (χ1v) is 8.90. The monoisotopic (exact) mass is 341 g/mol. The van der Waals surface area contributed by atoms with E-state index in [2.05, 4.69) is 10.1 Å². The zero-order chi connectivity index (χ0) is 17.6. The number of aromatic nitrogens is 3. The van der Waals surface area contributed by atoms with Gasteiger partial charge in [0.15, 0.2) is 5.65 Å². The summed E-state index contributed by atoms with van der Waals surface area (Å²) in [6.07, 6.45) is 4.20. The second-order valence-corrected chi connectivity index (χ2v) is 7.08. The van der Waals surface area contributed by atoms with E-state index in [-0.39, 0.29) is 17.7 Å². The highest BCUT2D eigenvalue weighted by molar-refractivity contribution is 5.80. The fourth-order valence-electron chi connectivity index (χ4n) is 3.94. The Kier molecular flexibility index (Phi) is 3.94. The fourth-order valence-corrected chi connectivity index (χ4v) is 3.94. The summed E-state index contributed by atoms with van der Waals surface area (Å²) in [4.78, 5) is 32.6. The first kappa shape index (κ1) is 16.1. The predicted octanol–water partition coefficient (Wildman–Crippen LogP) is 1.18. The van der Waals surface area contributed by atoms with Crippen molar-refractivity contribution in [1.29, 1.82) is 0 Å². The number of hydrogen-bond acceptors (Lipinski definition) is 4. The average molecular weight is 341 g/mol. The molecule has 0 atom stereocenters. The highest BCUT2D eigenvalue weighted by Gasteiger charge is 2.31. The lowest BCUT2D eigenvalue weighted by atomic mass is 9.94. The molecule has 0 unspecified atom stereocenters. The van der Waals surface area contributed by atoms with Gasteiger partial charge in [-0.1, -0.05) is 0 Å². The van der Waals surface area contributed by atoms with Crippen LogP contribution in [0.1, 0.15) is 36.7 Å². The molecule has 7 nitrogen and oxygen atoms in total. The molecular weight excluding hydrogens is 318 g/mol. The van der Waals surface area contributed by atoms with Gasteiger partial charge in [0.25, 0.3) is 0 Å². The van der Waals surface area contributed by atoms with E-state index < -0.39 is 0 Å². The minimum absolute atomic E-state index is 0.0285. The van der Waals surface area contributed by atoms with Gasteiger partial charge in [0.1, 0.15) is 0 Å². The number of hydrogen-bond donors (Lipinski definition) is 0. The van der Waals surface area contributed by atoms with Crippen molar-refractivity contribution in [2.75, 3.05) is 19.6 Å². The summed E-state index contributed by atoms with van der Waals surface area (Å²) in [5, 5.41) is 4.52. The van der Waals surface area contributed by atoms with E-state index in [1.807, 2.05) is 33.5 Å². The molecule has 7 heteroatoms. The summed E-state index contributed by atoms with van der Waals surface area (Å²) in [6.45, 7) is 6.25. The molecular formula is C18H23N5O2. The fraction of sp³-hybridized carbons (Fsp3) is 0.556. The van der Waals surface area contributed by atoms with Crippen LogP contribution in [-0.4, -0.2) is 55.8 Å². The molecule has 0 N–H and O–H groups in total. The van der Waals surface area contributed by atoms with Crippen LogP contribution in [-0.2, 0) is 22.6 Å². The van der Waals surface area contributed by atoms with E-state index >= 15 is 0 Å². The molecule has 0 radical (unpaired) electrons. The van der Waals surface area contributed by atoms with E-state index in [9.17, 15) is 9.59 Å². The molecule has 2 aliphatic heterocycles. The largest absolute Gasteiger partial charge is 0.343 e. The van der Waals surface area contributed by atoms with Gasteiger partial charge < -0.3 is 9.80 Å². The molecule has 4 rings (SSSR count). The van der Waals surface area contributed by atoms with Gasteiger partial charge in [0.05, 0.1) is 11.4 Å². The first-order valence-electron chi connectivity index (χ1n) is 8.90. The van der Waals surface area contributed by atoms with Crippen LogP contribution in [0.25, 0.3) is 5.65 Å². The molecule has 0 aromatic carbocycles. The van der Waals surface area contributed by atoms with E-state index in [0.29, 0.717) is 19.6 Å². The van der Waals surface area contributed by atoms with Crippen LogP contribution in [0.5, 0.6) is 0 Å². The Bertz CT molecular complexity index is 835. The molecule has 2 aromatic heterocycles. The van der Waals surface area contributed by atoms with Crippen molar-refractivity contribution in [3.63, 3.8) is 0 Å². The van der Waals surface area contributed by atoms with Gasteiger partial charge in [-0.3, -0.25) is 9.59 Å². The zero-order valence-corrected chi connectivity index (χ0v) is 14.7. The lowest BCUT2D eigenvalue weighted by molar-refractivity contribution is -0.140. The summed E-state index contributed by atoms with van der Waals surface area (Å²) < 4.78 is 1.91. The zero-order valence-electron chi connectivity index (χ0n) is 14.7. The highest BCUT2D eigenvalue weighted by atomic mass is 16.2. The second kappa shape index (κ2) is 6.13. The molecule has 2 aliphatic rings. The third-order valence-corrected chi connectivity index (χ3v) is 5.37. The van der Waals surface area contributed by atoms with E-state index in [0.717, 1.165) is 48.4 Å². The van der Waals surface area contributed by atoms with Crippen molar-refractivity contribution in [1.82, 2.24) is 24.4 Å². The maximum absolute atomic E-state index is 12.9. The molecule has 4 heterocycles. The third-order valence-electron chi connectivity index (χ3n) is 5.37. The van der Waals surface area contributed by atoms with Crippen LogP contribution >= 0.6 is 0 Å². The minimum atomic E-state index is 0.0285. The van der Waals surface area contributed by atoms with E-state index in [4.69, 9.17) is 0 Å². The molecule has 25 heavy (non-hydrogen) atoms. The number of carbonyl (C=O) groups is 2. The Morgan fingerprint density at radius 3 is 2.64 bits per heavy atom. The van der Waals surface area contributed by atoms with Crippen LogP contribution in [0.4, 0.5) is 0 Å². The maximum Gasteiger partial charge on any atom is 0.226 e. The molecule has 0 bridgehead atoms.